The molecule has 2 aliphatic rings. The van der Waals surface area contributed by atoms with Crippen molar-refractivity contribution in [3.63, 3.8) is 0 Å². The van der Waals surface area contributed by atoms with Gasteiger partial charge in [-0.1, -0.05) is 0 Å². The Balaban J connectivity index is 0.000000280. The molecule has 0 aromatic carbocycles. The first-order valence-corrected chi connectivity index (χ1v) is 5.00. The summed E-state index contributed by atoms with van der Waals surface area (Å²) in [7, 11) is 0. The molecule has 0 spiro atoms. The van der Waals surface area contributed by atoms with Gasteiger partial charge in [0.25, 0.3) is 0 Å². The number of halogens is 1. The van der Waals surface area contributed by atoms with Crippen LogP contribution in [0.2, 0.25) is 0 Å². The molecule has 10 radical (unpaired) electrons. The molecule has 15 heavy (non-hydrogen) atoms. The van der Waals surface area contributed by atoms with E-state index in [9.17, 15) is 0 Å². The molecule has 0 saturated heterocycles. The Labute approximate surface area is 109 Å². The Morgan fingerprint density at radius 3 is 1.67 bits per heavy atom. The first kappa shape index (κ1) is 15.8. The van der Waals surface area contributed by atoms with E-state index in [1.165, 1.54) is 0 Å². The Kier molecular flexibility index (Phi) is 10.5. The molecular weight excluding hydrogens is 251 g/mol. The average Bonchev–Trinajstić information content (AvgIpc) is 2.91. The van der Waals surface area contributed by atoms with Gasteiger partial charge in [-0.3, -0.25) is 0 Å². The van der Waals surface area contributed by atoms with Gasteiger partial charge in [-0.05, 0) is 57.8 Å². The van der Waals surface area contributed by atoms with Crippen molar-refractivity contribution in [2.45, 2.75) is 6.10 Å². The number of alkyl halides is 1. The van der Waals surface area contributed by atoms with Gasteiger partial charge in [-0.2, -0.15) is 0 Å². The largest absolute Gasteiger partial charge is 2.00 e. The van der Waals surface area contributed by atoms with Gasteiger partial charge in [0.2, 0.25) is 0 Å². The van der Waals surface area contributed by atoms with Crippen LogP contribution in [0.4, 0.5) is 0 Å². The molecule has 0 aromatic heterocycles. The molecule has 0 bridgehead atoms. The third-order valence-electron chi connectivity index (χ3n) is 1.77. The molecule has 1 atom stereocenters. The summed E-state index contributed by atoms with van der Waals surface area (Å²) in [6, 6.07) is 0. The fourth-order valence-corrected chi connectivity index (χ4v) is 1.20. The predicted molar refractivity (Wildman–Crippen MR) is 58.7 cm³/mol. The minimum Gasteiger partial charge on any atom is -0.391 e. The Morgan fingerprint density at radius 2 is 1.33 bits per heavy atom. The zero-order valence-corrected chi connectivity index (χ0v) is 10.0. The number of aliphatic hydroxyl groups excluding tert-OH is 1. The van der Waals surface area contributed by atoms with Gasteiger partial charge in [0.1, 0.15) is 0 Å². The molecule has 1 nitrogen and oxygen atoms in total. The number of rotatable bonds is 2. The maximum atomic E-state index is 9.09. The van der Waals surface area contributed by atoms with Crippen LogP contribution in [-0.2, 0) is 17.1 Å². The fraction of sp³-hybridized carbons (Fsp3) is 0.167. The molecule has 2 aliphatic carbocycles. The van der Waals surface area contributed by atoms with Crippen LogP contribution < -0.4 is 0 Å². The van der Waals surface area contributed by atoms with E-state index in [1.54, 1.807) is 0 Å². The van der Waals surface area contributed by atoms with E-state index in [0.717, 1.165) is 5.92 Å². The summed E-state index contributed by atoms with van der Waals surface area (Å²) in [6.45, 7) is 0. The molecular formula is C12H13ClFeO+2. The van der Waals surface area contributed by atoms with Gasteiger partial charge in [0.15, 0.2) is 0 Å². The third-order valence-corrected chi connectivity index (χ3v) is 2.07. The topological polar surface area (TPSA) is 20.2 Å². The predicted octanol–water partition coefficient (Wildman–Crippen LogP) is 2.01. The Hall–Kier alpha value is 0.769. The standard InChI is InChI=1S/C7H8ClO.C5H5.Fe/c8-5-7(9)6-3-1-2-4-6;1-2-4-5-3-1;/h1-4,7,9H,5H2;1-5H;/q;;+2/t7-;;/m1../s1. The Morgan fingerprint density at radius 1 is 0.933 bits per heavy atom. The van der Waals surface area contributed by atoms with Crippen LogP contribution in [0.3, 0.4) is 0 Å². The smallest absolute Gasteiger partial charge is 0.391 e. The van der Waals surface area contributed by atoms with Crippen molar-refractivity contribution in [3.05, 3.63) is 63.7 Å². The maximum Gasteiger partial charge on any atom is 2.00 e. The molecule has 0 aromatic rings. The molecule has 1 N–H and O–H groups in total. The van der Waals surface area contributed by atoms with Crippen LogP contribution in [0, 0.1) is 63.7 Å². The minimum atomic E-state index is -0.498. The first-order valence-electron chi connectivity index (χ1n) is 4.47. The van der Waals surface area contributed by atoms with Gasteiger partial charge in [-0.25, -0.2) is 0 Å². The van der Waals surface area contributed by atoms with E-state index < -0.39 is 6.10 Å². The van der Waals surface area contributed by atoms with Crippen LogP contribution >= 0.6 is 11.6 Å². The van der Waals surface area contributed by atoms with Crippen LogP contribution in [0.25, 0.3) is 0 Å². The van der Waals surface area contributed by atoms with Gasteiger partial charge in [0.05, 0.1) is 6.10 Å². The van der Waals surface area contributed by atoms with E-state index in [0.29, 0.717) is 0 Å². The summed E-state index contributed by atoms with van der Waals surface area (Å²) >= 11 is 5.39. The van der Waals surface area contributed by atoms with Crippen LogP contribution in [0.1, 0.15) is 0 Å². The van der Waals surface area contributed by atoms with E-state index in [4.69, 9.17) is 16.7 Å². The quantitative estimate of drug-likeness (QED) is 0.597. The monoisotopic (exact) mass is 264 g/mol. The van der Waals surface area contributed by atoms with Crippen molar-refractivity contribution in [1.29, 1.82) is 0 Å². The van der Waals surface area contributed by atoms with Crippen molar-refractivity contribution in [2.75, 3.05) is 5.88 Å². The van der Waals surface area contributed by atoms with Crippen molar-refractivity contribution >= 4 is 11.6 Å². The molecule has 0 heterocycles. The number of aliphatic hydroxyl groups is 1. The van der Waals surface area contributed by atoms with Gasteiger partial charge in [-0.15, -0.1) is 11.6 Å². The second-order valence-corrected chi connectivity index (χ2v) is 3.16. The molecule has 0 amide bonds. The van der Waals surface area contributed by atoms with Crippen molar-refractivity contribution in [2.24, 2.45) is 0 Å². The molecule has 80 valence electrons. The molecule has 0 aliphatic heterocycles. The zero-order chi connectivity index (χ0) is 10.2. The second-order valence-electron chi connectivity index (χ2n) is 2.85. The Bertz CT molecular complexity index is 126. The van der Waals surface area contributed by atoms with Crippen LogP contribution in [0.15, 0.2) is 0 Å². The fourth-order valence-electron chi connectivity index (χ4n) is 1.02. The van der Waals surface area contributed by atoms with Gasteiger partial charge >= 0.3 is 17.1 Å². The van der Waals surface area contributed by atoms with Gasteiger partial charge in [0, 0.05) is 11.8 Å². The number of hydrogen-bond acceptors (Lipinski definition) is 1. The first-order chi connectivity index (χ1) is 6.84. The van der Waals surface area contributed by atoms with E-state index in [-0.39, 0.29) is 22.9 Å². The summed E-state index contributed by atoms with van der Waals surface area (Å²) in [5.74, 6) is 1.16. The van der Waals surface area contributed by atoms with Gasteiger partial charge < -0.3 is 5.11 Å². The van der Waals surface area contributed by atoms with E-state index >= 15 is 0 Å². The van der Waals surface area contributed by atoms with Crippen molar-refractivity contribution in [1.82, 2.24) is 0 Å². The summed E-state index contributed by atoms with van der Waals surface area (Å²) in [5, 5.41) is 9.09. The van der Waals surface area contributed by atoms with E-state index in [1.807, 2.05) is 57.8 Å². The van der Waals surface area contributed by atoms with Crippen molar-refractivity contribution < 1.29 is 22.2 Å². The average molecular weight is 265 g/mol. The van der Waals surface area contributed by atoms with Crippen LogP contribution in [-0.4, -0.2) is 17.1 Å². The van der Waals surface area contributed by atoms with Crippen molar-refractivity contribution in [3.8, 4) is 0 Å². The third kappa shape index (κ3) is 6.84. The normalized spacial score (nSPS) is 22.8. The zero-order valence-electron chi connectivity index (χ0n) is 8.16. The second kappa shape index (κ2) is 9.96. The van der Waals surface area contributed by atoms with E-state index in [2.05, 4.69) is 0 Å². The molecule has 2 rings (SSSR count). The summed E-state index contributed by atoms with van der Waals surface area (Å²) in [5.41, 5.74) is 0. The molecule has 2 saturated carbocycles. The molecule has 3 heteroatoms. The maximum absolute atomic E-state index is 9.09. The summed E-state index contributed by atoms with van der Waals surface area (Å²) < 4.78 is 0. The summed E-state index contributed by atoms with van der Waals surface area (Å²) in [6.07, 6.45) is 17.0. The SMILES string of the molecule is O[C@H](CCl)[C]1[CH][CH][CH][CH]1.[CH]1[CH][CH][CH][CH]1.[Fe+2]. The minimum absolute atomic E-state index is 0. The summed E-state index contributed by atoms with van der Waals surface area (Å²) in [4.78, 5) is 0. The number of hydrogen-bond donors (Lipinski definition) is 1. The van der Waals surface area contributed by atoms with Crippen LogP contribution in [0.5, 0.6) is 0 Å². The molecule has 0 unspecified atom stereocenters. The molecule has 2 fully saturated rings.